The van der Waals surface area contributed by atoms with Crippen LogP contribution in [-0.2, 0) is 0 Å². The Hall–Kier alpha value is -1.71. The van der Waals surface area contributed by atoms with Gasteiger partial charge in [-0.25, -0.2) is 0 Å². The van der Waals surface area contributed by atoms with Crippen molar-refractivity contribution in [1.82, 2.24) is 4.98 Å². The molecule has 4 nitrogen and oxygen atoms in total. The Morgan fingerprint density at radius 1 is 1.77 bits per heavy atom. The summed E-state index contributed by atoms with van der Waals surface area (Å²) in [5.41, 5.74) is 6.31. The molecule has 4 heteroatoms. The van der Waals surface area contributed by atoms with E-state index >= 15 is 0 Å². The Balaban J connectivity index is 3.07. The van der Waals surface area contributed by atoms with Crippen molar-refractivity contribution in [2.45, 2.75) is 0 Å². The smallest absolute Gasteiger partial charge is 0.273 e. The van der Waals surface area contributed by atoms with Crippen molar-refractivity contribution < 1.29 is 0 Å². The molecule has 1 rings (SSSR count). The molecule has 0 saturated heterocycles. The van der Waals surface area contributed by atoms with E-state index in [1.807, 2.05) is 11.9 Å². The Morgan fingerprint density at radius 3 is 3.08 bits per heavy atom. The quantitative estimate of drug-likeness (QED) is 0.667. The van der Waals surface area contributed by atoms with Gasteiger partial charge < -0.3 is 15.6 Å². The average Bonchev–Trinajstić information content (AvgIpc) is 2.10. The zero-order chi connectivity index (χ0) is 9.84. The van der Waals surface area contributed by atoms with Crippen LogP contribution in [0.2, 0.25) is 0 Å². The molecule has 0 aromatic carbocycles. The second-order valence-corrected chi connectivity index (χ2v) is 2.77. The number of anilines is 2. The van der Waals surface area contributed by atoms with Gasteiger partial charge in [-0.3, -0.25) is 4.79 Å². The maximum absolute atomic E-state index is 11.1. The molecule has 1 heterocycles. The Bertz CT molecular complexity index is 356. The van der Waals surface area contributed by atoms with Gasteiger partial charge in [-0.1, -0.05) is 6.08 Å². The van der Waals surface area contributed by atoms with E-state index in [1.54, 1.807) is 18.3 Å². The van der Waals surface area contributed by atoms with Crippen LogP contribution in [0, 0.1) is 0 Å². The third kappa shape index (κ3) is 1.90. The molecule has 0 unspecified atom stereocenters. The summed E-state index contributed by atoms with van der Waals surface area (Å²) in [6.45, 7) is 4.27. The first-order chi connectivity index (χ1) is 6.16. The van der Waals surface area contributed by atoms with Crippen LogP contribution in [0.5, 0.6) is 0 Å². The van der Waals surface area contributed by atoms with Crippen molar-refractivity contribution in [3.05, 3.63) is 35.3 Å². The summed E-state index contributed by atoms with van der Waals surface area (Å²) in [7, 11) is 1.85. The average molecular weight is 179 g/mol. The van der Waals surface area contributed by atoms with Gasteiger partial charge >= 0.3 is 0 Å². The van der Waals surface area contributed by atoms with E-state index in [1.165, 1.54) is 0 Å². The van der Waals surface area contributed by atoms with E-state index in [9.17, 15) is 4.79 Å². The second-order valence-electron chi connectivity index (χ2n) is 2.77. The molecule has 0 saturated carbocycles. The van der Waals surface area contributed by atoms with Gasteiger partial charge in [-0.05, 0) is 6.07 Å². The summed E-state index contributed by atoms with van der Waals surface area (Å²) in [4.78, 5) is 15.5. The molecule has 0 aliphatic heterocycles. The number of nitrogen functional groups attached to an aromatic ring is 1. The Kier molecular flexibility index (Phi) is 2.74. The summed E-state index contributed by atoms with van der Waals surface area (Å²) < 4.78 is 0. The highest BCUT2D eigenvalue weighted by Crippen LogP contribution is 2.15. The standard InChI is InChI=1S/C9H13N3O/c1-3-6-12(2)7-4-5-11-9(13)8(7)10/h3-5H,1,6,10H2,2H3,(H,11,13). The minimum absolute atomic E-state index is 0.242. The van der Waals surface area contributed by atoms with Crippen LogP contribution in [-0.4, -0.2) is 18.6 Å². The molecule has 0 atom stereocenters. The van der Waals surface area contributed by atoms with Gasteiger partial charge in [-0.15, -0.1) is 6.58 Å². The monoisotopic (exact) mass is 179 g/mol. The lowest BCUT2D eigenvalue weighted by Crippen LogP contribution is -2.22. The predicted octanol–water partition coefficient (Wildman–Crippen LogP) is 0.579. The molecular weight excluding hydrogens is 166 g/mol. The Labute approximate surface area is 76.7 Å². The van der Waals surface area contributed by atoms with Crippen LogP contribution in [0.3, 0.4) is 0 Å². The minimum Gasteiger partial charge on any atom is -0.393 e. The third-order valence-electron chi connectivity index (χ3n) is 1.79. The largest absolute Gasteiger partial charge is 0.393 e. The van der Waals surface area contributed by atoms with Gasteiger partial charge in [0.25, 0.3) is 5.56 Å². The number of nitrogens with zero attached hydrogens (tertiary/aromatic N) is 1. The van der Waals surface area contributed by atoms with Gasteiger partial charge in [0.2, 0.25) is 0 Å². The molecule has 1 aromatic rings. The van der Waals surface area contributed by atoms with E-state index in [0.29, 0.717) is 6.54 Å². The van der Waals surface area contributed by atoms with Crippen LogP contribution in [0.1, 0.15) is 0 Å². The number of aromatic nitrogens is 1. The van der Waals surface area contributed by atoms with Crippen LogP contribution in [0.25, 0.3) is 0 Å². The summed E-state index contributed by atoms with van der Waals surface area (Å²) in [6, 6.07) is 1.76. The molecule has 0 radical (unpaired) electrons. The van der Waals surface area contributed by atoms with Crippen molar-refractivity contribution in [3.63, 3.8) is 0 Å². The molecule has 3 N–H and O–H groups in total. The number of rotatable bonds is 3. The Morgan fingerprint density at radius 2 is 2.46 bits per heavy atom. The fourth-order valence-electron chi connectivity index (χ4n) is 1.10. The molecule has 13 heavy (non-hydrogen) atoms. The van der Waals surface area contributed by atoms with Crippen molar-refractivity contribution in [2.24, 2.45) is 0 Å². The first kappa shape index (κ1) is 9.38. The SMILES string of the molecule is C=CCN(C)c1cc[nH]c(=O)c1N. The third-order valence-corrected chi connectivity index (χ3v) is 1.79. The van der Waals surface area contributed by atoms with Gasteiger partial charge in [0.15, 0.2) is 0 Å². The maximum Gasteiger partial charge on any atom is 0.273 e. The number of H-pyrrole nitrogens is 1. The first-order valence-corrected chi connectivity index (χ1v) is 3.96. The van der Waals surface area contributed by atoms with Crippen molar-refractivity contribution in [1.29, 1.82) is 0 Å². The van der Waals surface area contributed by atoms with E-state index in [4.69, 9.17) is 5.73 Å². The highest BCUT2D eigenvalue weighted by Gasteiger charge is 2.05. The molecule has 0 bridgehead atoms. The van der Waals surface area contributed by atoms with Crippen molar-refractivity contribution in [2.75, 3.05) is 24.2 Å². The number of hydrogen-bond acceptors (Lipinski definition) is 3. The van der Waals surface area contributed by atoms with Crippen molar-refractivity contribution in [3.8, 4) is 0 Å². The van der Waals surface area contributed by atoms with Gasteiger partial charge in [-0.2, -0.15) is 0 Å². The fourth-order valence-corrected chi connectivity index (χ4v) is 1.10. The van der Waals surface area contributed by atoms with Crippen LogP contribution >= 0.6 is 0 Å². The molecule has 0 amide bonds. The molecule has 1 aromatic heterocycles. The van der Waals surface area contributed by atoms with Gasteiger partial charge in [0, 0.05) is 19.8 Å². The van der Waals surface area contributed by atoms with E-state index in [2.05, 4.69) is 11.6 Å². The zero-order valence-corrected chi connectivity index (χ0v) is 7.58. The summed E-state index contributed by atoms with van der Waals surface area (Å²) in [5.74, 6) is 0. The molecule has 0 spiro atoms. The minimum atomic E-state index is -0.256. The molecule has 0 aliphatic rings. The lowest BCUT2D eigenvalue weighted by Gasteiger charge is -2.17. The maximum atomic E-state index is 11.1. The second kappa shape index (κ2) is 3.80. The fraction of sp³-hybridized carbons (Fsp3) is 0.222. The van der Waals surface area contributed by atoms with Crippen LogP contribution in [0.4, 0.5) is 11.4 Å². The number of likely N-dealkylation sites (N-methyl/N-ethyl adjacent to an activating group) is 1. The topological polar surface area (TPSA) is 62.1 Å². The van der Waals surface area contributed by atoms with E-state index in [0.717, 1.165) is 5.69 Å². The molecule has 70 valence electrons. The van der Waals surface area contributed by atoms with Crippen molar-refractivity contribution >= 4 is 11.4 Å². The number of hydrogen-bond donors (Lipinski definition) is 2. The van der Waals surface area contributed by atoms with E-state index in [-0.39, 0.29) is 11.2 Å². The lowest BCUT2D eigenvalue weighted by molar-refractivity contribution is 1.03. The summed E-state index contributed by atoms with van der Waals surface area (Å²) >= 11 is 0. The first-order valence-electron chi connectivity index (χ1n) is 3.96. The number of pyridine rings is 1. The zero-order valence-electron chi connectivity index (χ0n) is 7.58. The van der Waals surface area contributed by atoms with Crippen LogP contribution < -0.4 is 16.2 Å². The number of aromatic amines is 1. The number of nitrogens with two attached hydrogens (primary N) is 1. The van der Waals surface area contributed by atoms with Gasteiger partial charge in [0.1, 0.15) is 5.69 Å². The summed E-state index contributed by atoms with van der Waals surface area (Å²) in [5, 5.41) is 0. The lowest BCUT2D eigenvalue weighted by atomic mass is 10.3. The van der Waals surface area contributed by atoms with Crippen LogP contribution in [0.15, 0.2) is 29.7 Å². The number of nitrogens with one attached hydrogen (secondary N) is 1. The van der Waals surface area contributed by atoms with Gasteiger partial charge in [0.05, 0.1) is 5.69 Å². The molecular formula is C9H13N3O. The normalized spacial score (nSPS) is 9.62. The summed E-state index contributed by atoms with van der Waals surface area (Å²) in [6.07, 6.45) is 3.33. The predicted molar refractivity (Wildman–Crippen MR) is 54.9 cm³/mol. The molecule has 0 aliphatic carbocycles. The van der Waals surface area contributed by atoms with E-state index < -0.39 is 0 Å². The molecule has 0 fully saturated rings. The highest BCUT2D eigenvalue weighted by molar-refractivity contribution is 5.65. The highest BCUT2D eigenvalue weighted by atomic mass is 16.1.